The van der Waals surface area contributed by atoms with E-state index in [2.05, 4.69) is 20.5 Å². The van der Waals surface area contributed by atoms with Crippen LogP contribution >= 0.6 is 46.3 Å². The van der Waals surface area contributed by atoms with Gasteiger partial charge in [0.15, 0.2) is 10.9 Å². The SMILES string of the molecule is Cc1ccc(-n2c(SCc3nc(C(=O)NCCc4ccc(Cl)cc4Cl)cs3)nnc2-c2ccco2)cc1. The zero-order chi connectivity index (χ0) is 25.8. The zero-order valence-corrected chi connectivity index (χ0v) is 22.8. The summed E-state index contributed by atoms with van der Waals surface area (Å²) in [4.78, 5) is 17.1. The second kappa shape index (κ2) is 11.5. The predicted molar refractivity (Wildman–Crippen MR) is 148 cm³/mol. The summed E-state index contributed by atoms with van der Waals surface area (Å²) in [5.41, 5.74) is 3.41. The van der Waals surface area contributed by atoms with Crippen LogP contribution in [0.2, 0.25) is 10.0 Å². The van der Waals surface area contributed by atoms with Crippen LogP contribution in [0.1, 0.15) is 26.6 Å². The molecule has 0 fully saturated rings. The first kappa shape index (κ1) is 25.5. The molecule has 0 unspecified atom stereocenters. The summed E-state index contributed by atoms with van der Waals surface area (Å²) in [6.45, 7) is 2.49. The van der Waals surface area contributed by atoms with E-state index in [0.717, 1.165) is 21.8 Å². The lowest BCUT2D eigenvalue weighted by Gasteiger charge is -2.09. The van der Waals surface area contributed by atoms with Crippen molar-refractivity contribution < 1.29 is 9.21 Å². The van der Waals surface area contributed by atoms with Crippen molar-refractivity contribution >= 4 is 52.2 Å². The van der Waals surface area contributed by atoms with Gasteiger partial charge in [-0.1, -0.05) is 58.7 Å². The Morgan fingerprint density at radius 2 is 1.97 bits per heavy atom. The number of thioether (sulfide) groups is 1. The molecule has 0 aliphatic carbocycles. The van der Waals surface area contributed by atoms with Crippen molar-refractivity contribution in [1.29, 1.82) is 0 Å². The van der Waals surface area contributed by atoms with Crippen LogP contribution in [-0.4, -0.2) is 32.2 Å². The maximum Gasteiger partial charge on any atom is 0.270 e. The summed E-state index contributed by atoms with van der Waals surface area (Å²) in [7, 11) is 0. The molecule has 5 rings (SSSR count). The van der Waals surface area contributed by atoms with Gasteiger partial charge in [0.25, 0.3) is 5.91 Å². The van der Waals surface area contributed by atoms with Gasteiger partial charge in [0, 0.05) is 27.7 Å². The van der Waals surface area contributed by atoms with Crippen LogP contribution in [0.5, 0.6) is 0 Å². The fourth-order valence-electron chi connectivity index (χ4n) is 3.59. The standard InChI is InChI=1S/C26H21Cl2N5O2S2/c1-16-4-8-19(9-5-16)33-24(22-3-2-12-35-22)31-32-26(33)37-15-23-30-21(14-36-23)25(34)29-11-10-17-6-7-18(27)13-20(17)28/h2-9,12-14H,10-11,15H2,1H3,(H,29,34). The first-order chi connectivity index (χ1) is 18.0. The largest absolute Gasteiger partial charge is 0.461 e. The van der Waals surface area contributed by atoms with Crippen molar-refractivity contribution in [3.8, 4) is 17.3 Å². The molecule has 7 nitrogen and oxygen atoms in total. The summed E-state index contributed by atoms with van der Waals surface area (Å²) < 4.78 is 7.55. The van der Waals surface area contributed by atoms with Gasteiger partial charge in [0.2, 0.25) is 5.82 Å². The van der Waals surface area contributed by atoms with Gasteiger partial charge in [-0.25, -0.2) is 4.98 Å². The number of furan rings is 1. The number of hydrogen-bond acceptors (Lipinski definition) is 7. The lowest BCUT2D eigenvalue weighted by molar-refractivity contribution is 0.0949. The molecule has 0 saturated heterocycles. The third kappa shape index (κ3) is 6.07. The van der Waals surface area contributed by atoms with Crippen molar-refractivity contribution in [3.05, 3.63) is 98.1 Å². The monoisotopic (exact) mass is 569 g/mol. The van der Waals surface area contributed by atoms with Crippen LogP contribution in [-0.2, 0) is 12.2 Å². The number of amides is 1. The normalized spacial score (nSPS) is 11.1. The van der Waals surface area contributed by atoms with Crippen molar-refractivity contribution in [2.24, 2.45) is 0 Å². The van der Waals surface area contributed by atoms with Crippen molar-refractivity contribution in [1.82, 2.24) is 25.1 Å². The Kier molecular flexibility index (Phi) is 7.95. The number of thiazole rings is 1. The summed E-state index contributed by atoms with van der Waals surface area (Å²) >= 11 is 15.1. The van der Waals surface area contributed by atoms with Gasteiger partial charge in [0.1, 0.15) is 10.7 Å². The fraction of sp³-hybridized carbons (Fsp3) is 0.154. The second-order valence-electron chi connectivity index (χ2n) is 8.11. The Balaban J connectivity index is 1.24. The van der Waals surface area contributed by atoms with Crippen LogP contribution < -0.4 is 5.32 Å². The Morgan fingerprint density at radius 1 is 1.14 bits per heavy atom. The van der Waals surface area contributed by atoms with E-state index in [0.29, 0.717) is 51.2 Å². The highest BCUT2D eigenvalue weighted by Gasteiger charge is 2.19. The van der Waals surface area contributed by atoms with Crippen LogP contribution in [0.15, 0.2) is 75.8 Å². The van der Waals surface area contributed by atoms with E-state index >= 15 is 0 Å². The number of carbonyl (C=O) groups excluding carboxylic acids is 1. The van der Waals surface area contributed by atoms with Crippen LogP contribution in [0.3, 0.4) is 0 Å². The Labute approximate surface area is 231 Å². The molecule has 0 saturated carbocycles. The molecule has 11 heteroatoms. The first-order valence-corrected chi connectivity index (χ1v) is 14.0. The summed E-state index contributed by atoms with van der Waals surface area (Å²) in [6, 6.07) is 17.2. The summed E-state index contributed by atoms with van der Waals surface area (Å²) in [6.07, 6.45) is 2.21. The molecular formula is C26H21Cl2N5O2S2. The Morgan fingerprint density at radius 3 is 2.73 bits per heavy atom. The van der Waals surface area contributed by atoms with Gasteiger partial charge in [-0.05, 0) is 55.3 Å². The number of nitrogens with zero attached hydrogens (tertiary/aromatic N) is 4. The number of halogens is 2. The molecule has 0 aliphatic heterocycles. The van der Waals surface area contributed by atoms with Crippen molar-refractivity contribution in [2.75, 3.05) is 6.54 Å². The highest BCUT2D eigenvalue weighted by molar-refractivity contribution is 7.98. The molecule has 0 spiro atoms. The molecule has 2 aromatic carbocycles. The van der Waals surface area contributed by atoms with E-state index in [-0.39, 0.29) is 5.91 Å². The Bertz CT molecular complexity index is 1510. The molecule has 3 aromatic heterocycles. The third-order valence-corrected chi connectivity index (χ3v) is 8.03. The zero-order valence-electron chi connectivity index (χ0n) is 19.6. The lowest BCUT2D eigenvalue weighted by Crippen LogP contribution is -2.26. The molecule has 1 amide bonds. The van der Waals surface area contributed by atoms with Crippen LogP contribution in [0, 0.1) is 6.92 Å². The third-order valence-electron chi connectivity index (χ3n) is 5.47. The van der Waals surface area contributed by atoms with E-state index < -0.39 is 0 Å². The second-order valence-corrected chi connectivity index (χ2v) is 10.8. The maximum atomic E-state index is 12.6. The number of benzene rings is 2. The molecular weight excluding hydrogens is 549 g/mol. The van der Waals surface area contributed by atoms with Crippen LogP contribution in [0.4, 0.5) is 0 Å². The van der Waals surface area contributed by atoms with E-state index in [4.69, 9.17) is 27.6 Å². The number of aromatic nitrogens is 4. The molecule has 0 radical (unpaired) electrons. The van der Waals surface area contributed by atoms with Crippen molar-refractivity contribution in [3.63, 3.8) is 0 Å². The van der Waals surface area contributed by atoms with Gasteiger partial charge < -0.3 is 9.73 Å². The molecule has 1 N–H and O–H groups in total. The lowest BCUT2D eigenvalue weighted by atomic mass is 10.1. The molecule has 37 heavy (non-hydrogen) atoms. The minimum atomic E-state index is -0.222. The number of carbonyl (C=O) groups is 1. The van der Waals surface area contributed by atoms with Gasteiger partial charge in [-0.2, -0.15) is 0 Å². The number of nitrogens with one attached hydrogen (secondary N) is 1. The molecule has 0 atom stereocenters. The summed E-state index contributed by atoms with van der Waals surface area (Å²) in [5.74, 6) is 1.57. The predicted octanol–water partition coefficient (Wildman–Crippen LogP) is 6.86. The maximum absolute atomic E-state index is 12.6. The van der Waals surface area contributed by atoms with Gasteiger partial charge >= 0.3 is 0 Å². The topological polar surface area (TPSA) is 85.8 Å². The van der Waals surface area contributed by atoms with E-state index in [1.807, 2.05) is 54.0 Å². The summed E-state index contributed by atoms with van der Waals surface area (Å²) in [5, 5.41) is 16.1. The highest BCUT2D eigenvalue weighted by atomic mass is 35.5. The minimum Gasteiger partial charge on any atom is -0.461 e. The van der Waals surface area contributed by atoms with E-state index in [1.165, 1.54) is 23.1 Å². The average Bonchev–Trinajstić information content (AvgIpc) is 3.65. The Hall–Kier alpha value is -3.11. The smallest absolute Gasteiger partial charge is 0.270 e. The van der Waals surface area contributed by atoms with E-state index in [1.54, 1.807) is 23.8 Å². The van der Waals surface area contributed by atoms with E-state index in [9.17, 15) is 4.79 Å². The number of hydrogen-bond donors (Lipinski definition) is 1. The van der Waals surface area contributed by atoms with Gasteiger partial charge in [-0.15, -0.1) is 21.5 Å². The number of aryl methyl sites for hydroxylation is 1. The van der Waals surface area contributed by atoms with Crippen molar-refractivity contribution in [2.45, 2.75) is 24.3 Å². The molecule has 188 valence electrons. The molecule has 3 heterocycles. The van der Waals surface area contributed by atoms with Gasteiger partial charge in [-0.3, -0.25) is 9.36 Å². The average molecular weight is 571 g/mol. The first-order valence-electron chi connectivity index (χ1n) is 11.3. The highest BCUT2D eigenvalue weighted by Crippen LogP contribution is 2.30. The molecule has 0 bridgehead atoms. The molecule has 0 aliphatic rings. The number of rotatable bonds is 9. The van der Waals surface area contributed by atoms with Gasteiger partial charge in [0.05, 0.1) is 12.0 Å². The molecule has 5 aromatic rings. The van der Waals surface area contributed by atoms with Crippen LogP contribution in [0.25, 0.3) is 17.3 Å². The minimum absolute atomic E-state index is 0.222. The fourth-order valence-corrected chi connectivity index (χ4v) is 5.84. The quantitative estimate of drug-likeness (QED) is 0.195.